The van der Waals surface area contributed by atoms with Gasteiger partial charge in [0.25, 0.3) is 0 Å². The highest BCUT2D eigenvalue weighted by Crippen LogP contribution is 2.22. The van der Waals surface area contributed by atoms with E-state index in [1.807, 2.05) is 12.1 Å². The molecule has 0 unspecified atom stereocenters. The molecule has 2 aromatic carbocycles. The fourth-order valence-electron chi connectivity index (χ4n) is 3.04. The van der Waals surface area contributed by atoms with Crippen molar-refractivity contribution >= 4 is 17.3 Å². The number of hydrogen-bond donors (Lipinski definition) is 1. The molecule has 0 aliphatic carbocycles. The lowest BCUT2D eigenvalue weighted by Crippen LogP contribution is -2.29. The van der Waals surface area contributed by atoms with E-state index in [2.05, 4.69) is 22.3 Å². The van der Waals surface area contributed by atoms with Crippen molar-refractivity contribution in [1.82, 2.24) is 0 Å². The van der Waals surface area contributed by atoms with E-state index in [0.29, 0.717) is 12.8 Å². The Hall–Kier alpha value is -2.36. The molecular formula is C20H23FN2O. The molecule has 3 rings (SSSR count). The number of rotatable bonds is 5. The number of nitrogens with one attached hydrogen (secondary N) is 1. The molecule has 1 saturated heterocycles. The van der Waals surface area contributed by atoms with Gasteiger partial charge < -0.3 is 10.2 Å². The van der Waals surface area contributed by atoms with Gasteiger partial charge in [-0.05, 0) is 67.6 Å². The zero-order valence-corrected chi connectivity index (χ0v) is 13.8. The molecule has 1 aliphatic heterocycles. The maximum absolute atomic E-state index is 12.9. The van der Waals surface area contributed by atoms with Crippen LogP contribution in [0.25, 0.3) is 0 Å². The summed E-state index contributed by atoms with van der Waals surface area (Å²) in [4.78, 5) is 14.4. The second-order valence-corrected chi connectivity index (χ2v) is 6.27. The number of amides is 1. The van der Waals surface area contributed by atoms with E-state index < -0.39 is 0 Å². The zero-order chi connectivity index (χ0) is 16.8. The summed E-state index contributed by atoms with van der Waals surface area (Å²) >= 11 is 0. The minimum Gasteiger partial charge on any atom is -0.372 e. The van der Waals surface area contributed by atoms with Gasteiger partial charge in [0.1, 0.15) is 5.82 Å². The van der Waals surface area contributed by atoms with Crippen LogP contribution in [0.4, 0.5) is 15.8 Å². The van der Waals surface area contributed by atoms with E-state index in [-0.39, 0.29) is 11.7 Å². The van der Waals surface area contributed by atoms with E-state index in [1.165, 1.54) is 37.1 Å². The Morgan fingerprint density at radius 2 is 1.62 bits per heavy atom. The number of aryl methyl sites for hydroxylation is 1. The number of carbonyl (C=O) groups excluding carboxylic acids is 1. The van der Waals surface area contributed by atoms with Crippen molar-refractivity contribution in [2.45, 2.75) is 32.1 Å². The van der Waals surface area contributed by atoms with Crippen LogP contribution in [0, 0.1) is 5.82 Å². The second-order valence-electron chi connectivity index (χ2n) is 6.27. The molecule has 0 radical (unpaired) electrons. The molecule has 0 spiro atoms. The van der Waals surface area contributed by atoms with Gasteiger partial charge in [0.15, 0.2) is 0 Å². The highest BCUT2D eigenvalue weighted by atomic mass is 19.1. The summed E-state index contributed by atoms with van der Waals surface area (Å²) in [6.45, 7) is 2.23. The van der Waals surface area contributed by atoms with Crippen molar-refractivity contribution in [3.8, 4) is 0 Å². The standard InChI is InChI=1S/C20H23FN2O/c21-17-7-4-16(5-8-17)6-13-20(24)22-18-9-11-19(12-10-18)23-14-2-1-3-15-23/h4-5,7-12H,1-3,6,13-15H2,(H,22,24). The summed E-state index contributed by atoms with van der Waals surface area (Å²) in [7, 11) is 0. The van der Waals surface area contributed by atoms with Gasteiger partial charge >= 0.3 is 0 Å². The maximum atomic E-state index is 12.9. The van der Waals surface area contributed by atoms with Crippen LogP contribution in [0.1, 0.15) is 31.2 Å². The lowest BCUT2D eigenvalue weighted by molar-refractivity contribution is -0.116. The van der Waals surface area contributed by atoms with Crippen molar-refractivity contribution in [2.75, 3.05) is 23.3 Å². The van der Waals surface area contributed by atoms with Crippen LogP contribution in [-0.2, 0) is 11.2 Å². The number of halogens is 1. The molecule has 1 amide bonds. The average Bonchev–Trinajstić information content (AvgIpc) is 2.63. The molecule has 4 heteroatoms. The van der Waals surface area contributed by atoms with Crippen molar-refractivity contribution in [1.29, 1.82) is 0 Å². The van der Waals surface area contributed by atoms with Gasteiger partial charge in [0.05, 0.1) is 0 Å². The molecule has 3 nitrogen and oxygen atoms in total. The van der Waals surface area contributed by atoms with Crippen LogP contribution in [0.5, 0.6) is 0 Å². The van der Waals surface area contributed by atoms with Gasteiger partial charge in [-0.2, -0.15) is 0 Å². The van der Waals surface area contributed by atoms with Gasteiger partial charge in [0, 0.05) is 30.9 Å². The molecule has 0 bridgehead atoms. The zero-order valence-electron chi connectivity index (χ0n) is 13.8. The molecule has 126 valence electrons. The highest BCUT2D eigenvalue weighted by Gasteiger charge is 2.11. The number of anilines is 2. The van der Waals surface area contributed by atoms with Crippen LogP contribution in [0.15, 0.2) is 48.5 Å². The van der Waals surface area contributed by atoms with E-state index in [0.717, 1.165) is 24.3 Å². The van der Waals surface area contributed by atoms with E-state index in [9.17, 15) is 9.18 Å². The number of hydrogen-bond acceptors (Lipinski definition) is 2. The topological polar surface area (TPSA) is 32.3 Å². The first-order chi connectivity index (χ1) is 11.7. The Labute approximate surface area is 142 Å². The monoisotopic (exact) mass is 326 g/mol. The second kappa shape index (κ2) is 7.95. The quantitative estimate of drug-likeness (QED) is 0.884. The van der Waals surface area contributed by atoms with Crippen LogP contribution in [0.2, 0.25) is 0 Å². The summed E-state index contributed by atoms with van der Waals surface area (Å²) in [5.74, 6) is -0.276. The van der Waals surface area contributed by atoms with Gasteiger partial charge in [0.2, 0.25) is 5.91 Å². The van der Waals surface area contributed by atoms with Crippen molar-refractivity contribution in [3.05, 3.63) is 59.9 Å². The number of piperidine rings is 1. The fourth-order valence-corrected chi connectivity index (χ4v) is 3.04. The molecule has 1 aliphatic rings. The van der Waals surface area contributed by atoms with Crippen LogP contribution >= 0.6 is 0 Å². The third-order valence-corrected chi connectivity index (χ3v) is 4.43. The first-order valence-corrected chi connectivity index (χ1v) is 8.60. The predicted molar refractivity (Wildman–Crippen MR) is 95.9 cm³/mol. The van der Waals surface area contributed by atoms with Gasteiger partial charge in [-0.15, -0.1) is 0 Å². The summed E-state index contributed by atoms with van der Waals surface area (Å²) in [6, 6.07) is 14.3. The van der Waals surface area contributed by atoms with Gasteiger partial charge in [-0.1, -0.05) is 12.1 Å². The lowest BCUT2D eigenvalue weighted by Gasteiger charge is -2.28. The molecule has 1 fully saturated rings. The Bertz CT molecular complexity index is 661. The summed E-state index contributed by atoms with van der Waals surface area (Å²) < 4.78 is 12.9. The molecule has 0 aromatic heterocycles. The fraction of sp³-hybridized carbons (Fsp3) is 0.350. The Balaban J connectivity index is 1.49. The first kappa shape index (κ1) is 16.5. The van der Waals surface area contributed by atoms with Crippen molar-refractivity contribution in [3.63, 3.8) is 0 Å². The van der Waals surface area contributed by atoms with Gasteiger partial charge in [-0.25, -0.2) is 4.39 Å². The molecule has 1 N–H and O–H groups in total. The predicted octanol–water partition coefficient (Wildman–Crippen LogP) is 4.39. The average molecular weight is 326 g/mol. The summed E-state index contributed by atoms with van der Waals surface area (Å²) in [5.41, 5.74) is 3.01. The summed E-state index contributed by atoms with van der Waals surface area (Å²) in [5, 5.41) is 2.92. The normalized spacial score (nSPS) is 14.5. The third kappa shape index (κ3) is 4.57. The van der Waals surface area contributed by atoms with Gasteiger partial charge in [-0.3, -0.25) is 4.79 Å². The minimum absolute atomic E-state index is 0.0231. The van der Waals surface area contributed by atoms with Crippen molar-refractivity contribution < 1.29 is 9.18 Å². The van der Waals surface area contributed by atoms with E-state index >= 15 is 0 Å². The summed E-state index contributed by atoms with van der Waals surface area (Å²) in [6.07, 6.45) is 4.82. The lowest BCUT2D eigenvalue weighted by atomic mass is 10.1. The molecule has 2 aromatic rings. The smallest absolute Gasteiger partial charge is 0.224 e. The Morgan fingerprint density at radius 1 is 0.958 bits per heavy atom. The highest BCUT2D eigenvalue weighted by molar-refractivity contribution is 5.91. The van der Waals surface area contributed by atoms with Crippen molar-refractivity contribution in [2.24, 2.45) is 0 Å². The van der Waals surface area contributed by atoms with Crippen LogP contribution in [-0.4, -0.2) is 19.0 Å². The molecule has 1 heterocycles. The minimum atomic E-state index is -0.253. The number of benzene rings is 2. The maximum Gasteiger partial charge on any atom is 0.224 e. The molecular weight excluding hydrogens is 303 g/mol. The van der Waals surface area contributed by atoms with E-state index in [4.69, 9.17) is 0 Å². The number of carbonyl (C=O) groups is 1. The van der Waals surface area contributed by atoms with Crippen LogP contribution < -0.4 is 10.2 Å². The third-order valence-electron chi connectivity index (χ3n) is 4.43. The molecule has 0 saturated carbocycles. The Kier molecular flexibility index (Phi) is 5.47. The molecule has 0 atom stereocenters. The number of nitrogens with zero attached hydrogens (tertiary/aromatic N) is 1. The molecule has 24 heavy (non-hydrogen) atoms. The SMILES string of the molecule is O=C(CCc1ccc(F)cc1)Nc1ccc(N2CCCCC2)cc1. The van der Waals surface area contributed by atoms with E-state index in [1.54, 1.807) is 12.1 Å². The largest absolute Gasteiger partial charge is 0.372 e. The first-order valence-electron chi connectivity index (χ1n) is 8.60. The van der Waals surface area contributed by atoms with Crippen LogP contribution in [0.3, 0.4) is 0 Å². The Morgan fingerprint density at radius 3 is 2.29 bits per heavy atom.